The summed E-state index contributed by atoms with van der Waals surface area (Å²) in [6.45, 7) is 3.81. The SMILES string of the molecule is COc1cc(OC)c2c(c1)O[C@@]1(c3ccc(OCCN4CCCC4)cc3)[C@H](c3ccccc3)C[C@@H](O)[C@@]21O. The summed E-state index contributed by atoms with van der Waals surface area (Å²) < 4.78 is 24.0. The third-order valence-electron chi connectivity index (χ3n) is 8.51. The number of methoxy groups -OCH3 is 2. The summed E-state index contributed by atoms with van der Waals surface area (Å²) in [5.41, 5.74) is -0.859. The van der Waals surface area contributed by atoms with E-state index < -0.39 is 17.3 Å². The van der Waals surface area contributed by atoms with Gasteiger partial charge in [-0.3, -0.25) is 4.90 Å². The lowest BCUT2D eigenvalue weighted by Crippen LogP contribution is -2.52. The van der Waals surface area contributed by atoms with Crippen molar-refractivity contribution in [2.45, 2.75) is 42.5 Å². The van der Waals surface area contributed by atoms with Gasteiger partial charge in [0, 0.05) is 24.6 Å². The molecule has 200 valence electrons. The van der Waals surface area contributed by atoms with E-state index in [-0.39, 0.29) is 5.92 Å². The first-order chi connectivity index (χ1) is 18.5. The predicted octanol–water partition coefficient (Wildman–Crippen LogP) is 4.20. The van der Waals surface area contributed by atoms with Crippen molar-refractivity contribution >= 4 is 0 Å². The second-order valence-corrected chi connectivity index (χ2v) is 10.4. The van der Waals surface area contributed by atoms with Crippen molar-refractivity contribution in [2.24, 2.45) is 0 Å². The number of benzene rings is 3. The summed E-state index contributed by atoms with van der Waals surface area (Å²) in [5, 5.41) is 24.1. The van der Waals surface area contributed by atoms with Crippen molar-refractivity contribution in [3.63, 3.8) is 0 Å². The molecule has 0 amide bonds. The molecule has 3 aliphatic rings. The summed E-state index contributed by atoms with van der Waals surface area (Å²) in [5.74, 6) is 1.84. The van der Waals surface area contributed by atoms with Crippen molar-refractivity contribution in [2.75, 3.05) is 40.5 Å². The lowest BCUT2D eigenvalue weighted by molar-refractivity contribution is -0.150. The highest BCUT2D eigenvalue weighted by molar-refractivity contribution is 5.62. The average molecular weight is 518 g/mol. The standard InChI is InChI=1S/C31H35NO6/c1-35-24-18-26(36-2)29-27(19-24)38-31(25(20-28(33)30(29,31)34)21-8-4-3-5-9-21)22-10-12-23(13-11-22)37-17-16-32-14-6-7-15-32/h3-5,8-13,18-19,25,28,33-34H,6-7,14-17,20H2,1-2H3/t25-,28+,30+,31-/m0/s1. The van der Waals surface area contributed by atoms with Crippen molar-refractivity contribution < 1.29 is 29.2 Å². The minimum absolute atomic E-state index is 0.323. The average Bonchev–Trinajstić information content (AvgIpc) is 3.62. The summed E-state index contributed by atoms with van der Waals surface area (Å²) in [4.78, 5) is 2.42. The summed E-state index contributed by atoms with van der Waals surface area (Å²) >= 11 is 0. The van der Waals surface area contributed by atoms with E-state index in [1.807, 2.05) is 54.6 Å². The van der Waals surface area contributed by atoms with E-state index >= 15 is 0 Å². The maximum atomic E-state index is 12.6. The van der Waals surface area contributed by atoms with Gasteiger partial charge >= 0.3 is 0 Å². The van der Waals surface area contributed by atoms with Crippen LogP contribution in [0.15, 0.2) is 66.7 Å². The Bertz CT molecular complexity index is 1280. The molecular formula is C31H35NO6. The van der Waals surface area contributed by atoms with E-state index in [9.17, 15) is 10.2 Å². The number of ether oxygens (including phenoxy) is 4. The summed E-state index contributed by atoms with van der Waals surface area (Å²) in [7, 11) is 3.12. The molecule has 0 aromatic heterocycles. The van der Waals surface area contributed by atoms with Gasteiger partial charge in [-0.25, -0.2) is 0 Å². The van der Waals surface area contributed by atoms with E-state index in [0.717, 1.165) is 36.5 Å². The van der Waals surface area contributed by atoms with Gasteiger partial charge < -0.3 is 29.2 Å². The molecule has 1 saturated heterocycles. The second-order valence-electron chi connectivity index (χ2n) is 10.4. The Hall–Kier alpha value is -3.26. The van der Waals surface area contributed by atoms with Gasteiger partial charge in [0.05, 0.1) is 25.9 Å². The Morgan fingerprint density at radius 2 is 1.68 bits per heavy atom. The number of aliphatic hydroxyl groups is 2. The van der Waals surface area contributed by atoms with Crippen LogP contribution in [-0.4, -0.2) is 61.7 Å². The van der Waals surface area contributed by atoms with Crippen LogP contribution >= 0.6 is 0 Å². The quantitative estimate of drug-likeness (QED) is 0.464. The zero-order valence-electron chi connectivity index (χ0n) is 21.9. The van der Waals surface area contributed by atoms with Gasteiger partial charge in [0.1, 0.15) is 29.6 Å². The highest BCUT2D eigenvalue weighted by atomic mass is 16.5. The van der Waals surface area contributed by atoms with E-state index in [4.69, 9.17) is 18.9 Å². The maximum Gasteiger partial charge on any atom is 0.176 e. The Morgan fingerprint density at radius 3 is 2.37 bits per heavy atom. The number of likely N-dealkylation sites (tertiary alicyclic amines) is 1. The molecule has 1 saturated carbocycles. The molecule has 1 aliphatic carbocycles. The van der Waals surface area contributed by atoms with Crippen LogP contribution in [0.25, 0.3) is 0 Å². The zero-order valence-corrected chi connectivity index (χ0v) is 21.9. The number of hydrogen-bond acceptors (Lipinski definition) is 7. The first-order valence-corrected chi connectivity index (χ1v) is 13.4. The molecule has 2 heterocycles. The molecule has 3 aromatic rings. The molecule has 0 unspecified atom stereocenters. The molecule has 2 N–H and O–H groups in total. The molecule has 2 fully saturated rings. The van der Waals surface area contributed by atoms with Gasteiger partial charge in [0.2, 0.25) is 0 Å². The molecule has 38 heavy (non-hydrogen) atoms. The van der Waals surface area contributed by atoms with Gasteiger partial charge in [0.15, 0.2) is 11.2 Å². The minimum Gasteiger partial charge on any atom is -0.496 e. The normalized spacial score (nSPS) is 28.0. The van der Waals surface area contributed by atoms with Crippen LogP contribution in [0, 0.1) is 0 Å². The third-order valence-corrected chi connectivity index (χ3v) is 8.51. The van der Waals surface area contributed by atoms with Gasteiger partial charge in [-0.05, 0) is 55.6 Å². The maximum absolute atomic E-state index is 12.6. The second kappa shape index (κ2) is 9.80. The summed E-state index contributed by atoms with van der Waals surface area (Å²) in [6, 6.07) is 21.1. The van der Waals surface area contributed by atoms with Crippen LogP contribution in [0.2, 0.25) is 0 Å². The van der Waals surface area contributed by atoms with Gasteiger partial charge in [-0.2, -0.15) is 0 Å². The Kier molecular flexibility index (Phi) is 6.46. The molecule has 0 radical (unpaired) electrons. The van der Waals surface area contributed by atoms with Crippen LogP contribution in [0.4, 0.5) is 0 Å². The summed E-state index contributed by atoms with van der Waals surface area (Å²) in [6.07, 6.45) is 1.75. The fourth-order valence-corrected chi connectivity index (χ4v) is 6.68. The molecule has 7 heteroatoms. The number of aliphatic hydroxyl groups excluding tert-OH is 1. The fraction of sp³-hybridized carbons (Fsp3) is 0.419. The van der Waals surface area contributed by atoms with E-state index in [2.05, 4.69) is 4.90 Å². The topological polar surface area (TPSA) is 80.6 Å². The lowest BCUT2D eigenvalue weighted by atomic mass is 9.71. The Balaban J connectivity index is 1.42. The molecule has 7 nitrogen and oxygen atoms in total. The van der Waals surface area contributed by atoms with Gasteiger partial charge in [0.25, 0.3) is 0 Å². The first-order valence-electron chi connectivity index (χ1n) is 13.4. The van der Waals surface area contributed by atoms with Crippen molar-refractivity contribution in [1.82, 2.24) is 4.90 Å². The van der Waals surface area contributed by atoms with E-state index in [1.165, 1.54) is 12.8 Å². The number of fused-ring (bicyclic) bond motifs is 3. The number of rotatable bonds is 8. The molecule has 0 spiro atoms. The smallest absolute Gasteiger partial charge is 0.176 e. The Labute approximate surface area is 223 Å². The largest absolute Gasteiger partial charge is 0.496 e. The molecule has 6 rings (SSSR count). The van der Waals surface area contributed by atoms with Crippen molar-refractivity contribution in [3.8, 4) is 23.0 Å². The highest BCUT2D eigenvalue weighted by Crippen LogP contribution is 2.68. The van der Waals surface area contributed by atoms with Crippen molar-refractivity contribution in [1.29, 1.82) is 0 Å². The van der Waals surface area contributed by atoms with Crippen LogP contribution in [0.1, 0.15) is 41.9 Å². The number of nitrogens with zero attached hydrogens (tertiary/aromatic N) is 1. The molecule has 0 bridgehead atoms. The van der Waals surface area contributed by atoms with Crippen LogP contribution in [0.5, 0.6) is 23.0 Å². The van der Waals surface area contributed by atoms with E-state index in [0.29, 0.717) is 35.8 Å². The Morgan fingerprint density at radius 1 is 0.947 bits per heavy atom. The van der Waals surface area contributed by atoms with Crippen LogP contribution in [-0.2, 0) is 11.2 Å². The molecule has 3 aromatic carbocycles. The minimum atomic E-state index is -1.75. The first kappa shape index (κ1) is 25.0. The lowest BCUT2D eigenvalue weighted by Gasteiger charge is -2.40. The number of hydrogen-bond donors (Lipinski definition) is 2. The molecular weight excluding hydrogens is 482 g/mol. The predicted molar refractivity (Wildman–Crippen MR) is 143 cm³/mol. The molecule has 4 atom stereocenters. The van der Waals surface area contributed by atoms with Gasteiger partial charge in [-0.15, -0.1) is 0 Å². The van der Waals surface area contributed by atoms with Crippen LogP contribution in [0.3, 0.4) is 0 Å². The fourth-order valence-electron chi connectivity index (χ4n) is 6.68. The highest BCUT2D eigenvalue weighted by Gasteiger charge is 2.73. The van der Waals surface area contributed by atoms with Crippen LogP contribution < -0.4 is 18.9 Å². The zero-order chi connectivity index (χ0) is 26.3. The third kappa shape index (κ3) is 3.75. The monoisotopic (exact) mass is 517 g/mol. The molecule has 2 aliphatic heterocycles. The van der Waals surface area contributed by atoms with Crippen molar-refractivity contribution in [3.05, 3.63) is 83.4 Å². The van der Waals surface area contributed by atoms with E-state index in [1.54, 1.807) is 26.4 Å². The van der Waals surface area contributed by atoms with Gasteiger partial charge in [-0.1, -0.05) is 42.5 Å².